The molecule has 3 atom stereocenters. The van der Waals surface area contributed by atoms with Crippen molar-refractivity contribution in [3.63, 3.8) is 0 Å². The molecule has 1 heterocycles. The Morgan fingerprint density at radius 2 is 1.49 bits per heavy atom. The van der Waals surface area contributed by atoms with Crippen molar-refractivity contribution in [3.05, 3.63) is 107 Å². The zero-order valence-electron chi connectivity index (χ0n) is 23.4. The molecule has 3 amide bonds. The van der Waals surface area contributed by atoms with Gasteiger partial charge in [-0.05, 0) is 61.1 Å². The number of rotatable bonds is 8. The van der Waals surface area contributed by atoms with Crippen molar-refractivity contribution < 1.29 is 14.4 Å². The molecule has 1 saturated heterocycles. The van der Waals surface area contributed by atoms with Gasteiger partial charge in [-0.15, -0.1) is 0 Å². The van der Waals surface area contributed by atoms with E-state index < -0.39 is 0 Å². The van der Waals surface area contributed by atoms with Crippen molar-refractivity contribution in [2.75, 3.05) is 13.1 Å². The summed E-state index contributed by atoms with van der Waals surface area (Å²) in [5, 5.41) is 3.99. The van der Waals surface area contributed by atoms with E-state index in [9.17, 15) is 14.4 Å². The van der Waals surface area contributed by atoms with Gasteiger partial charge in [-0.2, -0.15) is 0 Å². The van der Waals surface area contributed by atoms with Crippen LogP contribution < -0.4 is 5.32 Å². The Bertz CT molecular complexity index is 1320. The number of nitrogens with zero attached hydrogens (tertiary/aromatic N) is 2. The molecule has 0 bridgehead atoms. The maximum absolute atomic E-state index is 13.9. The van der Waals surface area contributed by atoms with E-state index in [0.717, 1.165) is 49.7 Å². The lowest BCUT2D eigenvalue weighted by molar-refractivity contribution is -0.135. The van der Waals surface area contributed by atoms with Crippen LogP contribution >= 0.6 is 11.6 Å². The standard InChI is InChI=1S/C34H38ClN3O3/c35-29-19-17-26(18-20-29)23-38(34(41)27-12-5-2-6-13-27)31-16-8-7-15-30(31)36-33(40)28-14-9-21-37(24-28)32(39)22-25-10-3-1-4-11-25/h1-6,10-13,17-20,28,30-31H,7-9,14-16,21-24H2,(H,36,40)/t28?,30-,31-/m1/s1. The normalized spacial score (nSPS) is 20.7. The van der Waals surface area contributed by atoms with Gasteiger partial charge in [0.05, 0.1) is 18.4 Å². The lowest BCUT2D eigenvalue weighted by Gasteiger charge is -2.41. The highest BCUT2D eigenvalue weighted by molar-refractivity contribution is 6.30. The monoisotopic (exact) mass is 571 g/mol. The molecule has 0 spiro atoms. The highest BCUT2D eigenvalue weighted by atomic mass is 35.5. The summed E-state index contributed by atoms with van der Waals surface area (Å²) in [6.07, 6.45) is 5.56. The van der Waals surface area contributed by atoms with Crippen molar-refractivity contribution in [1.29, 1.82) is 0 Å². The first kappa shape index (κ1) is 28.9. The highest BCUT2D eigenvalue weighted by Crippen LogP contribution is 2.28. The highest BCUT2D eigenvalue weighted by Gasteiger charge is 2.36. The SMILES string of the molecule is O=C(N[C@@H]1CCCC[C@H]1N(Cc1ccc(Cl)cc1)C(=O)c1ccccc1)C1CCCN(C(=O)Cc2ccccc2)C1. The van der Waals surface area contributed by atoms with Crippen molar-refractivity contribution in [2.24, 2.45) is 5.92 Å². The average Bonchev–Trinajstić information content (AvgIpc) is 3.02. The molecule has 0 radical (unpaired) electrons. The lowest BCUT2D eigenvalue weighted by Crippen LogP contribution is -2.56. The number of amides is 3. The van der Waals surface area contributed by atoms with Crippen molar-refractivity contribution >= 4 is 29.3 Å². The Morgan fingerprint density at radius 1 is 0.805 bits per heavy atom. The molecule has 3 aromatic rings. The number of carbonyl (C=O) groups is 3. The molecule has 7 heteroatoms. The zero-order valence-corrected chi connectivity index (χ0v) is 24.1. The molecule has 1 aliphatic heterocycles. The van der Waals surface area contributed by atoms with Crippen LogP contribution in [-0.2, 0) is 22.6 Å². The Kier molecular flexibility index (Phi) is 9.73. The second-order valence-electron chi connectivity index (χ2n) is 11.2. The smallest absolute Gasteiger partial charge is 0.254 e. The predicted molar refractivity (Wildman–Crippen MR) is 161 cm³/mol. The zero-order chi connectivity index (χ0) is 28.6. The summed E-state index contributed by atoms with van der Waals surface area (Å²) in [5.74, 6) is -0.243. The molecular formula is C34H38ClN3O3. The van der Waals surface area contributed by atoms with E-state index in [1.165, 1.54) is 0 Å². The Balaban J connectivity index is 1.29. The van der Waals surface area contributed by atoms with Crippen molar-refractivity contribution in [3.8, 4) is 0 Å². The van der Waals surface area contributed by atoms with Gasteiger partial charge in [0.2, 0.25) is 11.8 Å². The van der Waals surface area contributed by atoms with Gasteiger partial charge < -0.3 is 15.1 Å². The van der Waals surface area contributed by atoms with Crippen LogP contribution in [0.1, 0.15) is 60.0 Å². The summed E-state index contributed by atoms with van der Waals surface area (Å²) < 4.78 is 0. The summed E-state index contributed by atoms with van der Waals surface area (Å²) >= 11 is 6.13. The molecule has 1 aliphatic carbocycles. The number of benzene rings is 3. The molecule has 214 valence electrons. The quantitative estimate of drug-likeness (QED) is 0.366. The number of carbonyl (C=O) groups excluding carboxylic acids is 3. The van der Waals surface area contributed by atoms with Gasteiger partial charge in [0, 0.05) is 36.3 Å². The topological polar surface area (TPSA) is 69.7 Å². The third kappa shape index (κ3) is 7.56. The van der Waals surface area contributed by atoms with Crippen LogP contribution in [0.5, 0.6) is 0 Å². The molecule has 6 nitrogen and oxygen atoms in total. The number of halogens is 1. The summed E-state index contributed by atoms with van der Waals surface area (Å²) in [5.41, 5.74) is 2.61. The number of hydrogen-bond acceptors (Lipinski definition) is 3. The van der Waals surface area contributed by atoms with E-state index in [2.05, 4.69) is 5.32 Å². The first-order valence-corrected chi connectivity index (χ1v) is 15.1. The van der Waals surface area contributed by atoms with Gasteiger partial charge in [0.15, 0.2) is 0 Å². The van der Waals surface area contributed by atoms with E-state index >= 15 is 0 Å². The number of nitrogens with one attached hydrogen (secondary N) is 1. The lowest BCUT2D eigenvalue weighted by atomic mass is 9.87. The van der Waals surface area contributed by atoms with Gasteiger partial charge in [0.25, 0.3) is 5.91 Å². The first-order valence-electron chi connectivity index (χ1n) is 14.7. The van der Waals surface area contributed by atoms with Gasteiger partial charge in [-0.3, -0.25) is 14.4 Å². The number of piperidine rings is 1. The third-order valence-corrected chi connectivity index (χ3v) is 8.60. The fourth-order valence-electron chi connectivity index (χ4n) is 6.13. The predicted octanol–water partition coefficient (Wildman–Crippen LogP) is 5.89. The largest absolute Gasteiger partial charge is 0.351 e. The number of likely N-dealkylation sites (tertiary alicyclic amines) is 1. The van der Waals surface area contributed by atoms with Crippen LogP contribution in [0, 0.1) is 5.92 Å². The van der Waals surface area contributed by atoms with Crippen LogP contribution in [0.2, 0.25) is 5.02 Å². The second kappa shape index (κ2) is 13.8. The van der Waals surface area contributed by atoms with Crippen molar-refractivity contribution in [2.45, 2.75) is 63.6 Å². The van der Waals surface area contributed by atoms with Gasteiger partial charge in [-0.1, -0.05) is 85.1 Å². The van der Waals surface area contributed by atoms with E-state index in [-0.39, 0.29) is 35.7 Å². The van der Waals surface area contributed by atoms with Crippen LogP contribution in [-0.4, -0.2) is 52.7 Å². The molecule has 1 unspecified atom stereocenters. The molecule has 2 fully saturated rings. The average molecular weight is 572 g/mol. The van der Waals surface area contributed by atoms with E-state index in [0.29, 0.717) is 36.6 Å². The first-order chi connectivity index (χ1) is 20.0. The van der Waals surface area contributed by atoms with Gasteiger partial charge >= 0.3 is 0 Å². The Morgan fingerprint density at radius 3 is 2.22 bits per heavy atom. The van der Waals surface area contributed by atoms with Crippen LogP contribution in [0.4, 0.5) is 0 Å². The van der Waals surface area contributed by atoms with E-state index in [1.54, 1.807) is 0 Å². The fraction of sp³-hybridized carbons (Fsp3) is 0.382. The molecule has 3 aromatic carbocycles. The molecule has 1 saturated carbocycles. The summed E-state index contributed by atoms with van der Waals surface area (Å²) in [6, 6.07) is 26.4. The molecule has 2 aliphatic rings. The van der Waals surface area contributed by atoms with Crippen LogP contribution in [0.15, 0.2) is 84.9 Å². The van der Waals surface area contributed by atoms with Crippen molar-refractivity contribution in [1.82, 2.24) is 15.1 Å². The third-order valence-electron chi connectivity index (χ3n) is 8.35. The van der Waals surface area contributed by atoms with Crippen LogP contribution in [0.25, 0.3) is 0 Å². The minimum absolute atomic E-state index is 0.0160. The van der Waals surface area contributed by atoms with Crippen LogP contribution in [0.3, 0.4) is 0 Å². The second-order valence-corrected chi connectivity index (χ2v) is 11.7. The number of hydrogen-bond donors (Lipinski definition) is 1. The summed E-state index contributed by atoms with van der Waals surface area (Å²) in [7, 11) is 0. The van der Waals surface area contributed by atoms with Gasteiger partial charge in [0.1, 0.15) is 0 Å². The maximum atomic E-state index is 13.9. The molecular weight excluding hydrogens is 534 g/mol. The fourth-order valence-corrected chi connectivity index (χ4v) is 6.25. The summed E-state index contributed by atoms with van der Waals surface area (Å²) in [6.45, 7) is 1.56. The van der Waals surface area contributed by atoms with Gasteiger partial charge in [-0.25, -0.2) is 0 Å². The van der Waals surface area contributed by atoms with E-state index in [1.807, 2.05) is 94.7 Å². The molecule has 41 heavy (non-hydrogen) atoms. The minimum atomic E-state index is -0.249. The molecule has 0 aromatic heterocycles. The minimum Gasteiger partial charge on any atom is -0.351 e. The maximum Gasteiger partial charge on any atom is 0.254 e. The Labute approximate surface area is 247 Å². The van der Waals surface area contributed by atoms with E-state index in [4.69, 9.17) is 11.6 Å². The Hall–Kier alpha value is -3.64. The molecule has 1 N–H and O–H groups in total. The summed E-state index contributed by atoms with van der Waals surface area (Å²) in [4.78, 5) is 44.3. The molecule has 5 rings (SSSR count).